The molecular formula is C21H22Cl2N2O5. The third kappa shape index (κ3) is 4.78. The van der Waals surface area contributed by atoms with E-state index < -0.39 is 17.2 Å². The van der Waals surface area contributed by atoms with Crippen LogP contribution < -0.4 is 10.3 Å². The maximum absolute atomic E-state index is 13.2. The molecule has 1 aromatic heterocycles. The minimum Gasteiger partial charge on any atom is -0.494 e. The monoisotopic (exact) mass is 452 g/mol. The Balaban J connectivity index is 2.59. The second-order valence-corrected chi connectivity index (χ2v) is 7.16. The molecule has 0 spiro atoms. The number of halogens is 2. The van der Waals surface area contributed by atoms with Gasteiger partial charge in [0.2, 0.25) is 5.88 Å². The number of ether oxygens (including phenoxy) is 2. The molecule has 1 heterocycles. The molecule has 0 unspecified atom stereocenters. The van der Waals surface area contributed by atoms with E-state index in [0.29, 0.717) is 26.2 Å². The molecule has 0 aliphatic carbocycles. The van der Waals surface area contributed by atoms with Gasteiger partial charge in [-0.3, -0.25) is 14.2 Å². The Morgan fingerprint density at radius 1 is 1.23 bits per heavy atom. The predicted molar refractivity (Wildman–Crippen MR) is 114 cm³/mol. The lowest BCUT2D eigenvalue weighted by atomic mass is 9.97. The van der Waals surface area contributed by atoms with Crippen LogP contribution in [0.3, 0.4) is 0 Å². The molecular weight excluding hydrogens is 431 g/mol. The summed E-state index contributed by atoms with van der Waals surface area (Å²) in [7, 11) is 0. The molecule has 7 nitrogen and oxygen atoms in total. The number of hydrogen-bond acceptors (Lipinski definition) is 6. The summed E-state index contributed by atoms with van der Waals surface area (Å²) in [6.07, 6.45) is 0.420. The quantitative estimate of drug-likeness (QED) is 0.453. The minimum atomic E-state index is -0.664. The van der Waals surface area contributed by atoms with Crippen molar-refractivity contribution < 1.29 is 19.4 Å². The molecule has 1 aromatic carbocycles. The first-order valence-corrected chi connectivity index (χ1v) is 10.1. The van der Waals surface area contributed by atoms with Crippen molar-refractivity contribution in [3.63, 3.8) is 0 Å². The predicted octanol–water partition coefficient (Wildman–Crippen LogP) is 4.10. The lowest BCUT2D eigenvalue weighted by molar-refractivity contribution is 0.103. The minimum absolute atomic E-state index is 0.0880. The first-order valence-electron chi connectivity index (χ1n) is 9.39. The van der Waals surface area contributed by atoms with Crippen molar-refractivity contribution in [2.45, 2.75) is 33.7 Å². The molecule has 0 radical (unpaired) electrons. The summed E-state index contributed by atoms with van der Waals surface area (Å²) in [6, 6.07) is 4.57. The van der Waals surface area contributed by atoms with Crippen LogP contribution in [0.1, 0.15) is 47.3 Å². The maximum atomic E-state index is 13.2. The zero-order chi connectivity index (χ0) is 22.4. The lowest BCUT2D eigenvalue weighted by Gasteiger charge is -2.16. The lowest BCUT2D eigenvalue weighted by Crippen LogP contribution is -2.27. The first-order chi connectivity index (χ1) is 14.3. The summed E-state index contributed by atoms with van der Waals surface area (Å²) in [5.74, 6) is -0.886. The van der Waals surface area contributed by atoms with Gasteiger partial charge in [0.05, 0.1) is 22.2 Å². The van der Waals surface area contributed by atoms with Gasteiger partial charge in [-0.25, -0.2) is 0 Å². The Labute approximate surface area is 184 Å². The summed E-state index contributed by atoms with van der Waals surface area (Å²) in [6.45, 7) is 6.36. The highest BCUT2D eigenvalue weighted by molar-refractivity contribution is 6.38. The van der Waals surface area contributed by atoms with Gasteiger partial charge >= 0.3 is 0 Å². The zero-order valence-electron chi connectivity index (χ0n) is 16.9. The fourth-order valence-electron chi connectivity index (χ4n) is 3.02. The number of benzene rings is 1. The molecule has 1 N–H and O–H groups in total. The van der Waals surface area contributed by atoms with Crippen molar-refractivity contribution >= 4 is 29.0 Å². The smallest absolute Gasteiger partial charge is 0.271 e. The average Bonchev–Trinajstić information content (AvgIpc) is 2.70. The Morgan fingerprint density at radius 2 is 1.87 bits per heavy atom. The van der Waals surface area contributed by atoms with E-state index in [4.69, 9.17) is 32.7 Å². The highest BCUT2D eigenvalue weighted by Gasteiger charge is 2.26. The second kappa shape index (κ2) is 10.5. The van der Waals surface area contributed by atoms with E-state index in [-0.39, 0.29) is 44.6 Å². The molecule has 0 aliphatic heterocycles. The summed E-state index contributed by atoms with van der Waals surface area (Å²) >= 11 is 12.4. The van der Waals surface area contributed by atoms with Gasteiger partial charge < -0.3 is 14.6 Å². The van der Waals surface area contributed by atoms with Gasteiger partial charge in [-0.2, -0.15) is 5.26 Å². The number of ketones is 1. The number of rotatable bonds is 9. The van der Waals surface area contributed by atoms with Crippen LogP contribution in [0.2, 0.25) is 10.0 Å². The normalized spacial score (nSPS) is 10.7. The fourth-order valence-corrected chi connectivity index (χ4v) is 3.61. The van der Waals surface area contributed by atoms with Crippen LogP contribution in [0.5, 0.6) is 11.6 Å². The van der Waals surface area contributed by atoms with Gasteiger partial charge in [0.1, 0.15) is 11.6 Å². The van der Waals surface area contributed by atoms with Crippen LogP contribution in [0, 0.1) is 18.3 Å². The van der Waals surface area contributed by atoms with Crippen LogP contribution >= 0.6 is 23.2 Å². The summed E-state index contributed by atoms with van der Waals surface area (Å²) in [5, 5.41) is 20.5. The fraction of sp³-hybridized carbons (Fsp3) is 0.381. The third-order valence-corrected chi connectivity index (χ3v) is 5.01. The molecule has 0 atom stereocenters. The number of nitrogens with zero attached hydrogens (tertiary/aromatic N) is 2. The summed E-state index contributed by atoms with van der Waals surface area (Å²) < 4.78 is 11.6. The van der Waals surface area contributed by atoms with Gasteiger partial charge in [0.25, 0.3) is 5.56 Å². The van der Waals surface area contributed by atoms with E-state index in [1.807, 2.05) is 13.0 Å². The summed E-state index contributed by atoms with van der Waals surface area (Å²) in [5.41, 5.74) is -0.847. The average molecular weight is 453 g/mol. The van der Waals surface area contributed by atoms with E-state index >= 15 is 0 Å². The third-order valence-electron chi connectivity index (χ3n) is 4.45. The van der Waals surface area contributed by atoms with Crippen molar-refractivity contribution in [1.82, 2.24) is 4.57 Å². The molecule has 30 heavy (non-hydrogen) atoms. The van der Waals surface area contributed by atoms with Gasteiger partial charge in [-0.05, 0) is 44.9 Å². The second-order valence-electron chi connectivity index (χ2n) is 6.35. The topological polar surface area (TPSA) is 102 Å². The molecule has 160 valence electrons. The van der Waals surface area contributed by atoms with Crippen LogP contribution in [-0.2, 0) is 11.3 Å². The number of pyridine rings is 1. The molecule has 9 heteroatoms. The maximum Gasteiger partial charge on any atom is 0.271 e. The van der Waals surface area contributed by atoms with E-state index in [1.165, 1.54) is 19.1 Å². The van der Waals surface area contributed by atoms with Gasteiger partial charge in [0.15, 0.2) is 11.5 Å². The van der Waals surface area contributed by atoms with Crippen LogP contribution in [0.15, 0.2) is 16.9 Å². The molecule has 0 aliphatic rings. The Bertz CT molecular complexity index is 1030. The molecule has 2 aromatic rings. The molecule has 0 saturated carbocycles. The van der Waals surface area contributed by atoms with Crippen molar-refractivity contribution in [2.24, 2.45) is 0 Å². The van der Waals surface area contributed by atoms with E-state index in [1.54, 1.807) is 6.92 Å². The highest BCUT2D eigenvalue weighted by atomic mass is 35.5. The molecule has 2 rings (SSSR count). The van der Waals surface area contributed by atoms with Crippen molar-refractivity contribution in [3.05, 3.63) is 54.8 Å². The molecule has 0 fully saturated rings. The Morgan fingerprint density at radius 3 is 2.40 bits per heavy atom. The number of carbonyl (C=O) groups excluding carboxylic acids is 1. The standard InChI is InChI=1S/C21H22Cl2N2O5/c1-4-29-8-6-7-25-20(27)14(11-24)12(3)17(21(25)28)18(26)13-9-15(22)19(30-5-2)16(23)10-13/h9-10,28H,4-8H2,1-3H3. The van der Waals surface area contributed by atoms with Crippen LogP contribution in [-0.4, -0.2) is 35.3 Å². The van der Waals surface area contributed by atoms with E-state index in [2.05, 4.69) is 0 Å². The first kappa shape index (κ1) is 23.7. The van der Waals surface area contributed by atoms with E-state index in [0.717, 1.165) is 4.57 Å². The number of carbonyl (C=O) groups is 1. The number of hydrogen-bond donors (Lipinski definition) is 1. The highest BCUT2D eigenvalue weighted by Crippen LogP contribution is 2.36. The van der Waals surface area contributed by atoms with Crippen molar-refractivity contribution in [3.8, 4) is 17.7 Å². The zero-order valence-corrected chi connectivity index (χ0v) is 18.4. The number of aromatic nitrogens is 1. The molecule has 0 saturated heterocycles. The van der Waals surface area contributed by atoms with Gasteiger partial charge in [0, 0.05) is 25.3 Å². The Hall–Kier alpha value is -2.53. The molecule has 0 amide bonds. The van der Waals surface area contributed by atoms with E-state index in [9.17, 15) is 20.0 Å². The number of aromatic hydroxyl groups is 1. The van der Waals surface area contributed by atoms with Crippen LogP contribution in [0.25, 0.3) is 0 Å². The Kier molecular flexibility index (Phi) is 8.30. The van der Waals surface area contributed by atoms with Crippen molar-refractivity contribution in [2.75, 3.05) is 19.8 Å². The molecule has 0 bridgehead atoms. The summed E-state index contributed by atoms with van der Waals surface area (Å²) in [4.78, 5) is 25.8. The van der Waals surface area contributed by atoms with Gasteiger partial charge in [-0.1, -0.05) is 23.2 Å². The van der Waals surface area contributed by atoms with Crippen molar-refractivity contribution in [1.29, 1.82) is 5.26 Å². The van der Waals surface area contributed by atoms with Gasteiger partial charge in [-0.15, -0.1) is 0 Å². The van der Waals surface area contributed by atoms with Crippen LogP contribution in [0.4, 0.5) is 0 Å². The SMILES string of the molecule is CCOCCCn1c(O)c(C(=O)c2cc(Cl)c(OCC)c(Cl)c2)c(C)c(C#N)c1=O. The number of nitriles is 1. The largest absolute Gasteiger partial charge is 0.494 e.